The Morgan fingerprint density at radius 3 is 3.00 bits per heavy atom. The maximum absolute atomic E-state index is 4.37. The molecule has 2 heterocycles. The first-order valence-electron chi connectivity index (χ1n) is 6.06. The quantitative estimate of drug-likeness (QED) is 0.822. The van der Waals surface area contributed by atoms with Gasteiger partial charge >= 0.3 is 0 Å². The normalized spacial score (nSPS) is 20.9. The fourth-order valence-corrected chi connectivity index (χ4v) is 2.45. The Labute approximate surface area is 97.6 Å². The number of rotatable bonds is 4. The third-order valence-corrected chi connectivity index (χ3v) is 3.25. The van der Waals surface area contributed by atoms with Crippen LogP contribution in [0.25, 0.3) is 0 Å². The standard InChI is InChI=1S/C12H22N4/c1-10-11(8-16(3)14-10)7-15(2)9-12-5-4-6-13-12/h8,12-13H,4-7,9H2,1-3H3/t12-/m0/s1. The van der Waals surface area contributed by atoms with Gasteiger partial charge in [-0.25, -0.2) is 0 Å². The number of hydrogen-bond donors (Lipinski definition) is 1. The Hall–Kier alpha value is -0.870. The first-order valence-corrected chi connectivity index (χ1v) is 6.06. The van der Waals surface area contributed by atoms with E-state index in [1.54, 1.807) is 0 Å². The molecule has 0 aromatic carbocycles. The average molecular weight is 222 g/mol. The Bertz CT molecular complexity index is 339. The van der Waals surface area contributed by atoms with Crippen LogP contribution in [0.2, 0.25) is 0 Å². The fraction of sp³-hybridized carbons (Fsp3) is 0.750. The van der Waals surface area contributed by atoms with Gasteiger partial charge < -0.3 is 10.2 Å². The third kappa shape index (κ3) is 2.83. The van der Waals surface area contributed by atoms with Crippen LogP contribution in [0.5, 0.6) is 0 Å². The molecule has 1 fully saturated rings. The van der Waals surface area contributed by atoms with Gasteiger partial charge in [0.05, 0.1) is 5.69 Å². The van der Waals surface area contributed by atoms with Gasteiger partial charge in [-0.05, 0) is 33.4 Å². The molecule has 0 aliphatic carbocycles. The second-order valence-electron chi connectivity index (χ2n) is 4.90. The molecule has 90 valence electrons. The van der Waals surface area contributed by atoms with Gasteiger partial charge in [0.1, 0.15) is 0 Å². The van der Waals surface area contributed by atoms with Crippen molar-refractivity contribution in [3.05, 3.63) is 17.5 Å². The van der Waals surface area contributed by atoms with Crippen molar-refractivity contribution in [2.24, 2.45) is 7.05 Å². The third-order valence-electron chi connectivity index (χ3n) is 3.25. The highest BCUT2D eigenvalue weighted by atomic mass is 15.3. The van der Waals surface area contributed by atoms with E-state index in [1.165, 1.54) is 24.9 Å². The van der Waals surface area contributed by atoms with E-state index < -0.39 is 0 Å². The number of aromatic nitrogens is 2. The van der Waals surface area contributed by atoms with E-state index >= 15 is 0 Å². The molecule has 1 aromatic heterocycles. The van der Waals surface area contributed by atoms with Crippen molar-refractivity contribution in [2.75, 3.05) is 20.1 Å². The molecular weight excluding hydrogens is 200 g/mol. The minimum absolute atomic E-state index is 0.682. The Morgan fingerprint density at radius 1 is 1.62 bits per heavy atom. The van der Waals surface area contributed by atoms with Gasteiger partial charge in [-0.15, -0.1) is 0 Å². The van der Waals surface area contributed by atoms with Crippen LogP contribution in [-0.4, -0.2) is 40.9 Å². The van der Waals surface area contributed by atoms with Gasteiger partial charge in [0.2, 0.25) is 0 Å². The summed E-state index contributed by atoms with van der Waals surface area (Å²) in [5.74, 6) is 0. The average Bonchev–Trinajstić information content (AvgIpc) is 2.78. The molecule has 1 aliphatic heterocycles. The highest BCUT2D eigenvalue weighted by Crippen LogP contribution is 2.10. The second-order valence-corrected chi connectivity index (χ2v) is 4.90. The summed E-state index contributed by atoms with van der Waals surface area (Å²) < 4.78 is 1.90. The maximum atomic E-state index is 4.37. The molecule has 1 aliphatic rings. The van der Waals surface area contributed by atoms with Crippen molar-refractivity contribution in [1.29, 1.82) is 0 Å². The Balaban J connectivity index is 1.86. The molecule has 0 spiro atoms. The molecule has 1 N–H and O–H groups in total. The molecule has 0 saturated carbocycles. The van der Waals surface area contributed by atoms with Gasteiger partial charge in [-0.1, -0.05) is 0 Å². The topological polar surface area (TPSA) is 33.1 Å². The Kier molecular flexibility index (Phi) is 3.61. The van der Waals surface area contributed by atoms with Crippen molar-refractivity contribution in [3.8, 4) is 0 Å². The zero-order valence-corrected chi connectivity index (χ0v) is 10.5. The van der Waals surface area contributed by atoms with Crippen molar-refractivity contribution >= 4 is 0 Å². The molecule has 1 saturated heterocycles. The van der Waals surface area contributed by atoms with Crippen LogP contribution in [0.4, 0.5) is 0 Å². The summed E-state index contributed by atoms with van der Waals surface area (Å²) in [5.41, 5.74) is 2.48. The summed E-state index contributed by atoms with van der Waals surface area (Å²) in [4.78, 5) is 2.38. The van der Waals surface area contributed by atoms with Crippen molar-refractivity contribution in [3.63, 3.8) is 0 Å². The minimum atomic E-state index is 0.682. The SMILES string of the molecule is Cc1nn(C)cc1CN(C)C[C@@H]1CCCN1. The summed E-state index contributed by atoms with van der Waals surface area (Å²) in [6, 6.07) is 0.682. The van der Waals surface area contributed by atoms with E-state index in [9.17, 15) is 0 Å². The number of aryl methyl sites for hydroxylation is 2. The number of hydrogen-bond acceptors (Lipinski definition) is 3. The lowest BCUT2D eigenvalue weighted by Gasteiger charge is -2.20. The smallest absolute Gasteiger partial charge is 0.0638 e. The van der Waals surface area contributed by atoms with Crippen molar-refractivity contribution < 1.29 is 0 Å². The maximum Gasteiger partial charge on any atom is 0.0638 e. The molecule has 2 rings (SSSR count). The highest BCUT2D eigenvalue weighted by molar-refractivity contribution is 5.14. The van der Waals surface area contributed by atoms with E-state index in [0.29, 0.717) is 6.04 Å². The summed E-state index contributed by atoms with van der Waals surface area (Å²) in [5, 5.41) is 7.90. The van der Waals surface area contributed by atoms with Crippen LogP contribution < -0.4 is 5.32 Å². The number of likely N-dealkylation sites (N-methyl/N-ethyl adjacent to an activating group) is 1. The number of nitrogens with zero attached hydrogens (tertiary/aromatic N) is 3. The second kappa shape index (κ2) is 4.97. The summed E-state index contributed by atoms with van der Waals surface area (Å²) in [6.07, 6.45) is 4.76. The molecule has 16 heavy (non-hydrogen) atoms. The summed E-state index contributed by atoms with van der Waals surface area (Å²) in [6.45, 7) is 5.40. The minimum Gasteiger partial charge on any atom is -0.313 e. The first-order chi connectivity index (χ1) is 7.65. The number of nitrogens with one attached hydrogen (secondary N) is 1. The Morgan fingerprint density at radius 2 is 2.44 bits per heavy atom. The lowest BCUT2D eigenvalue weighted by atomic mass is 10.2. The molecule has 4 nitrogen and oxygen atoms in total. The first kappa shape index (κ1) is 11.6. The van der Waals surface area contributed by atoms with Gasteiger partial charge in [-0.2, -0.15) is 5.10 Å². The molecule has 0 bridgehead atoms. The van der Waals surface area contributed by atoms with E-state index in [0.717, 1.165) is 18.8 Å². The molecule has 1 atom stereocenters. The lowest BCUT2D eigenvalue weighted by Crippen LogP contribution is -2.35. The van der Waals surface area contributed by atoms with Gasteiger partial charge in [-0.3, -0.25) is 4.68 Å². The molecular formula is C12H22N4. The van der Waals surface area contributed by atoms with Crippen LogP contribution in [0, 0.1) is 6.92 Å². The lowest BCUT2D eigenvalue weighted by molar-refractivity contribution is 0.292. The molecule has 0 radical (unpaired) electrons. The van der Waals surface area contributed by atoms with Gasteiger partial charge in [0.15, 0.2) is 0 Å². The van der Waals surface area contributed by atoms with Gasteiger partial charge in [0.25, 0.3) is 0 Å². The monoisotopic (exact) mass is 222 g/mol. The summed E-state index contributed by atoms with van der Waals surface area (Å²) in [7, 11) is 4.17. The molecule has 4 heteroatoms. The van der Waals surface area contributed by atoms with E-state index in [1.807, 2.05) is 11.7 Å². The predicted molar refractivity (Wildman–Crippen MR) is 65.3 cm³/mol. The van der Waals surface area contributed by atoms with E-state index in [4.69, 9.17) is 0 Å². The molecule has 1 aromatic rings. The molecule has 0 amide bonds. The predicted octanol–water partition coefficient (Wildman–Crippen LogP) is 0.912. The molecule has 0 unspecified atom stereocenters. The summed E-state index contributed by atoms with van der Waals surface area (Å²) >= 11 is 0. The largest absolute Gasteiger partial charge is 0.313 e. The fourth-order valence-electron chi connectivity index (χ4n) is 2.45. The van der Waals surface area contributed by atoms with Crippen LogP contribution in [0.3, 0.4) is 0 Å². The zero-order valence-electron chi connectivity index (χ0n) is 10.5. The highest BCUT2D eigenvalue weighted by Gasteiger charge is 2.16. The van der Waals surface area contributed by atoms with Crippen molar-refractivity contribution in [1.82, 2.24) is 20.0 Å². The van der Waals surface area contributed by atoms with Crippen molar-refractivity contribution in [2.45, 2.75) is 32.4 Å². The van der Waals surface area contributed by atoms with Crippen LogP contribution in [0.15, 0.2) is 6.20 Å². The van der Waals surface area contributed by atoms with Crippen LogP contribution in [0.1, 0.15) is 24.1 Å². The van der Waals surface area contributed by atoms with E-state index in [-0.39, 0.29) is 0 Å². The van der Waals surface area contributed by atoms with Crippen LogP contribution in [-0.2, 0) is 13.6 Å². The van der Waals surface area contributed by atoms with E-state index in [2.05, 4.69) is 35.5 Å². The zero-order chi connectivity index (χ0) is 11.5. The van der Waals surface area contributed by atoms with Gasteiger partial charge in [0, 0.05) is 37.9 Å². The van der Waals surface area contributed by atoms with Crippen LogP contribution >= 0.6 is 0 Å².